The van der Waals surface area contributed by atoms with Crippen LogP contribution in [0.25, 0.3) is 11.0 Å². The van der Waals surface area contributed by atoms with Gasteiger partial charge in [-0.25, -0.2) is 0 Å². The molecule has 98 valence electrons. The lowest BCUT2D eigenvalue weighted by Gasteiger charge is -2.11. The van der Waals surface area contributed by atoms with Gasteiger partial charge in [-0.15, -0.1) is 0 Å². The number of rotatable bonds is 5. The smallest absolute Gasteiger partial charge is 0.134 e. The quantitative estimate of drug-likeness (QED) is 0.904. The SMILES string of the molecule is Cc1c(C(C)NCCS(C)=O)oc2ccccc12. The van der Waals surface area contributed by atoms with Gasteiger partial charge in [0.2, 0.25) is 0 Å². The van der Waals surface area contributed by atoms with Gasteiger partial charge in [0.15, 0.2) is 0 Å². The van der Waals surface area contributed by atoms with Crippen LogP contribution in [0.4, 0.5) is 0 Å². The zero-order chi connectivity index (χ0) is 13.1. The summed E-state index contributed by atoms with van der Waals surface area (Å²) >= 11 is 0. The van der Waals surface area contributed by atoms with Crippen LogP contribution in [0.5, 0.6) is 0 Å². The highest BCUT2D eigenvalue weighted by atomic mass is 32.2. The maximum absolute atomic E-state index is 11.0. The van der Waals surface area contributed by atoms with Gasteiger partial charge in [-0.05, 0) is 25.5 Å². The maximum atomic E-state index is 11.0. The lowest BCUT2D eigenvalue weighted by atomic mass is 10.1. The number of fused-ring (bicyclic) bond motifs is 1. The second kappa shape index (κ2) is 5.67. The Labute approximate surface area is 110 Å². The first kappa shape index (κ1) is 13.3. The van der Waals surface area contributed by atoms with Gasteiger partial charge in [0.1, 0.15) is 11.3 Å². The van der Waals surface area contributed by atoms with Crippen LogP contribution in [-0.2, 0) is 10.8 Å². The molecule has 1 aromatic carbocycles. The largest absolute Gasteiger partial charge is 0.459 e. The summed E-state index contributed by atoms with van der Waals surface area (Å²) in [7, 11) is -0.752. The molecule has 2 atom stereocenters. The number of hydrogen-bond donors (Lipinski definition) is 1. The summed E-state index contributed by atoms with van der Waals surface area (Å²) in [4.78, 5) is 0. The molecule has 0 aliphatic heterocycles. The van der Waals surface area contributed by atoms with E-state index in [1.54, 1.807) is 6.26 Å². The maximum Gasteiger partial charge on any atom is 0.134 e. The average molecular weight is 265 g/mol. The zero-order valence-electron chi connectivity index (χ0n) is 11.0. The molecule has 0 fully saturated rings. The van der Waals surface area contributed by atoms with Gasteiger partial charge in [0, 0.05) is 34.7 Å². The first-order valence-electron chi connectivity index (χ1n) is 6.11. The summed E-state index contributed by atoms with van der Waals surface area (Å²) in [5.41, 5.74) is 2.11. The molecule has 2 unspecified atom stereocenters. The molecule has 0 saturated carbocycles. The Bertz CT molecular complexity index is 562. The summed E-state index contributed by atoms with van der Waals surface area (Å²) in [6.45, 7) is 4.89. The van der Waals surface area contributed by atoms with Crippen molar-refractivity contribution < 1.29 is 8.63 Å². The molecule has 0 aliphatic rings. The summed E-state index contributed by atoms with van der Waals surface area (Å²) in [6, 6.07) is 8.20. The van der Waals surface area contributed by atoms with Crippen LogP contribution in [0.1, 0.15) is 24.3 Å². The third-order valence-electron chi connectivity index (χ3n) is 3.11. The van der Waals surface area contributed by atoms with Gasteiger partial charge >= 0.3 is 0 Å². The van der Waals surface area contributed by atoms with Crippen LogP contribution in [0, 0.1) is 6.92 Å². The standard InChI is InChI=1S/C14H19NO2S/c1-10-12-6-4-5-7-13(12)17-14(10)11(2)15-8-9-18(3)16/h4-7,11,15H,8-9H2,1-3H3. The molecule has 18 heavy (non-hydrogen) atoms. The van der Waals surface area contributed by atoms with E-state index in [1.165, 1.54) is 10.9 Å². The molecular formula is C14H19NO2S. The van der Waals surface area contributed by atoms with Gasteiger partial charge < -0.3 is 9.73 Å². The molecule has 0 radical (unpaired) electrons. The predicted octanol–water partition coefficient (Wildman–Crippen LogP) is 2.77. The van der Waals surface area contributed by atoms with E-state index in [9.17, 15) is 4.21 Å². The highest BCUT2D eigenvalue weighted by Gasteiger charge is 2.15. The van der Waals surface area contributed by atoms with Crippen LogP contribution in [0.15, 0.2) is 28.7 Å². The number of benzene rings is 1. The number of aryl methyl sites for hydroxylation is 1. The first-order valence-corrected chi connectivity index (χ1v) is 7.83. The van der Waals surface area contributed by atoms with Crippen molar-refractivity contribution in [3.8, 4) is 0 Å². The van der Waals surface area contributed by atoms with Crippen molar-refractivity contribution in [3.05, 3.63) is 35.6 Å². The van der Waals surface area contributed by atoms with Crippen molar-refractivity contribution in [1.82, 2.24) is 5.32 Å². The number of para-hydroxylation sites is 1. The molecule has 1 N–H and O–H groups in total. The molecule has 0 saturated heterocycles. The molecule has 3 nitrogen and oxygen atoms in total. The monoisotopic (exact) mass is 265 g/mol. The van der Waals surface area contributed by atoms with E-state index in [1.807, 2.05) is 18.2 Å². The molecule has 1 heterocycles. The minimum Gasteiger partial charge on any atom is -0.459 e. The van der Waals surface area contributed by atoms with Crippen LogP contribution in [-0.4, -0.2) is 22.8 Å². The summed E-state index contributed by atoms with van der Waals surface area (Å²) < 4.78 is 16.9. The minimum atomic E-state index is -0.752. The average Bonchev–Trinajstić information content (AvgIpc) is 2.67. The van der Waals surface area contributed by atoms with E-state index in [0.29, 0.717) is 5.75 Å². The molecule has 0 bridgehead atoms. The Morgan fingerprint density at radius 2 is 2.11 bits per heavy atom. The number of furan rings is 1. The van der Waals surface area contributed by atoms with Crippen molar-refractivity contribution in [2.75, 3.05) is 18.6 Å². The first-order chi connectivity index (χ1) is 8.59. The third kappa shape index (κ3) is 2.82. The summed E-state index contributed by atoms with van der Waals surface area (Å²) in [5, 5.41) is 4.51. The predicted molar refractivity (Wildman–Crippen MR) is 76.3 cm³/mol. The van der Waals surface area contributed by atoms with E-state index in [4.69, 9.17) is 4.42 Å². The molecule has 4 heteroatoms. The fraction of sp³-hybridized carbons (Fsp3) is 0.429. The third-order valence-corrected chi connectivity index (χ3v) is 3.89. The summed E-state index contributed by atoms with van der Waals surface area (Å²) in [5.74, 6) is 1.64. The molecule has 0 aliphatic carbocycles. The van der Waals surface area contributed by atoms with E-state index < -0.39 is 10.8 Å². The van der Waals surface area contributed by atoms with Crippen molar-refractivity contribution >= 4 is 21.8 Å². The van der Waals surface area contributed by atoms with Crippen molar-refractivity contribution in [1.29, 1.82) is 0 Å². The Morgan fingerprint density at radius 3 is 2.78 bits per heavy atom. The number of nitrogens with one attached hydrogen (secondary N) is 1. The highest BCUT2D eigenvalue weighted by Crippen LogP contribution is 2.28. The lowest BCUT2D eigenvalue weighted by Crippen LogP contribution is -2.23. The van der Waals surface area contributed by atoms with Gasteiger partial charge in [0.05, 0.1) is 6.04 Å². The molecule has 2 rings (SSSR count). The van der Waals surface area contributed by atoms with Crippen LogP contribution in [0.2, 0.25) is 0 Å². The van der Waals surface area contributed by atoms with E-state index in [0.717, 1.165) is 17.9 Å². The lowest BCUT2D eigenvalue weighted by molar-refractivity contribution is 0.456. The van der Waals surface area contributed by atoms with Crippen molar-refractivity contribution in [2.45, 2.75) is 19.9 Å². The second-order valence-corrected chi connectivity index (χ2v) is 6.10. The van der Waals surface area contributed by atoms with E-state index in [2.05, 4.69) is 25.2 Å². The second-order valence-electron chi connectivity index (χ2n) is 4.54. The molecule has 0 spiro atoms. The topological polar surface area (TPSA) is 42.2 Å². The van der Waals surface area contributed by atoms with Crippen molar-refractivity contribution in [2.24, 2.45) is 0 Å². The molecular weight excluding hydrogens is 246 g/mol. The van der Waals surface area contributed by atoms with Gasteiger partial charge in [-0.1, -0.05) is 18.2 Å². The van der Waals surface area contributed by atoms with Gasteiger partial charge in [0.25, 0.3) is 0 Å². The fourth-order valence-electron chi connectivity index (χ4n) is 2.12. The highest BCUT2D eigenvalue weighted by molar-refractivity contribution is 7.84. The van der Waals surface area contributed by atoms with Gasteiger partial charge in [-0.3, -0.25) is 4.21 Å². The molecule has 1 aromatic heterocycles. The van der Waals surface area contributed by atoms with E-state index >= 15 is 0 Å². The van der Waals surface area contributed by atoms with Gasteiger partial charge in [-0.2, -0.15) is 0 Å². The Balaban J connectivity index is 2.15. The van der Waals surface area contributed by atoms with Crippen LogP contribution >= 0.6 is 0 Å². The van der Waals surface area contributed by atoms with Crippen LogP contribution < -0.4 is 5.32 Å². The normalized spacial score (nSPS) is 14.8. The molecule has 2 aromatic rings. The minimum absolute atomic E-state index is 0.140. The van der Waals surface area contributed by atoms with Crippen molar-refractivity contribution in [3.63, 3.8) is 0 Å². The fourth-order valence-corrected chi connectivity index (χ4v) is 2.52. The Morgan fingerprint density at radius 1 is 1.39 bits per heavy atom. The number of hydrogen-bond acceptors (Lipinski definition) is 3. The zero-order valence-corrected chi connectivity index (χ0v) is 11.8. The Hall–Kier alpha value is -1.13. The Kier molecular flexibility index (Phi) is 4.19. The van der Waals surface area contributed by atoms with Crippen LogP contribution in [0.3, 0.4) is 0 Å². The van der Waals surface area contributed by atoms with E-state index in [-0.39, 0.29) is 6.04 Å². The molecule has 0 amide bonds. The summed E-state index contributed by atoms with van der Waals surface area (Å²) in [6.07, 6.45) is 1.72.